The molecule has 1 amide bonds. The summed E-state index contributed by atoms with van der Waals surface area (Å²) in [6.45, 7) is 7.19. The van der Waals surface area contributed by atoms with Crippen LogP contribution >= 0.6 is 0 Å². The van der Waals surface area contributed by atoms with Gasteiger partial charge >= 0.3 is 0 Å². The minimum Gasteiger partial charge on any atom is -0.338 e. The number of rotatable bonds is 4. The first-order valence-corrected chi connectivity index (χ1v) is 10.2. The van der Waals surface area contributed by atoms with Crippen molar-refractivity contribution in [3.8, 4) is 0 Å². The van der Waals surface area contributed by atoms with E-state index < -0.39 is 10.0 Å². The van der Waals surface area contributed by atoms with Crippen LogP contribution in [0.25, 0.3) is 0 Å². The molecule has 0 aromatic heterocycles. The normalized spacial score (nSPS) is 26.9. The Morgan fingerprint density at radius 1 is 1.14 bits per heavy atom. The number of likely N-dealkylation sites (tertiary alicyclic amines) is 1. The molecule has 0 N–H and O–H groups in total. The van der Waals surface area contributed by atoms with Gasteiger partial charge in [0.15, 0.2) is 0 Å². The lowest BCUT2D eigenvalue weighted by atomic mass is 9.99. The molecule has 0 radical (unpaired) electrons. The Morgan fingerprint density at radius 3 is 2.32 bits per heavy atom. The van der Waals surface area contributed by atoms with Crippen LogP contribution in [0.1, 0.15) is 39.5 Å². The van der Waals surface area contributed by atoms with Crippen molar-refractivity contribution in [2.75, 3.05) is 39.0 Å². The maximum Gasteiger partial charge on any atom is 0.239 e. The molecule has 0 aliphatic carbocycles. The summed E-state index contributed by atoms with van der Waals surface area (Å²) in [7, 11) is -3.12. The summed E-state index contributed by atoms with van der Waals surface area (Å²) in [5, 5.41) is 0. The fraction of sp³-hybridized carbons (Fsp3) is 0.933. The highest BCUT2D eigenvalue weighted by Crippen LogP contribution is 2.21. The van der Waals surface area contributed by atoms with Crippen LogP contribution in [0.2, 0.25) is 0 Å². The summed E-state index contributed by atoms with van der Waals surface area (Å²) in [6, 6.07) is 0.217. The van der Waals surface area contributed by atoms with Crippen LogP contribution in [0, 0.1) is 0 Å². The monoisotopic (exact) mass is 331 g/mol. The van der Waals surface area contributed by atoms with E-state index in [1.54, 1.807) is 0 Å². The van der Waals surface area contributed by atoms with Crippen molar-refractivity contribution in [1.82, 2.24) is 14.1 Å². The predicted molar refractivity (Wildman–Crippen MR) is 87.1 cm³/mol. The van der Waals surface area contributed by atoms with Crippen molar-refractivity contribution in [2.45, 2.75) is 51.6 Å². The molecule has 0 bridgehead atoms. The molecule has 0 saturated carbocycles. The number of nitrogens with zero attached hydrogens (tertiary/aromatic N) is 3. The fourth-order valence-corrected chi connectivity index (χ4v) is 4.36. The van der Waals surface area contributed by atoms with Crippen LogP contribution in [0.3, 0.4) is 0 Å². The molecule has 0 aromatic rings. The second-order valence-electron chi connectivity index (χ2n) is 6.46. The van der Waals surface area contributed by atoms with E-state index in [4.69, 9.17) is 0 Å². The van der Waals surface area contributed by atoms with Crippen molar-refractivity contribution in [3.63, 3.8) is 0 Å². The van der Waals surface area contributed by atoms with E-state index in [2.05, 4.69) is 16.7 Å². The summed E-state index contributed by atoms with van der Waals surface area (Å²) in [6.07, 6.45) is 5.68. The number of hydrogen-bond acceptors (Lipinski definition) is 4. The average molecular weight is 331 g/mol. The zero-order chi connectivity index (χ0) is 16.3. The molecule has 2 aliphatic heterocycles. The van der Waals surface area contributed by atoms with Gasteiger partial charge in [-0.2, -0.15) is 4.31 Å². The van der Waals surface area contributed by atoms with Crippen molar-refractivity contribution in [3.05, 3.63) is 0 Å². The maximum absolute atomic E-state index is 12.8. The molecule has 2 fully saturated rings. The molecule has 2 rings (SSSR count). The Kier molecular flexibility index (Phi) is 5.85. The third-order valence-electron chi connectivity index (χ3n) is 5.03. The van der Waals surface area contributed by atoms with E-state index >= 15 is 0 Å². The SMILES string of the molecule is CCC1CCCCN1C(=O)C(C)N1CCN(S(C)(=O)=O)CC1. The van der Waals surface area contributed by atoms with Crippen LogP contribution in [0.5, 0.6) is 0 Å². The molecule has 2 unspecified atom stereocenters. The number of amides is 1. The molecular weight excluding hydrogens is 302 g/mol. The molecule has 2 atom stereocenters. The number of piperidine rings is 1. The summed E-state index contributed by atoms with van der Waals surface area (Å²) in [4.78, 5) is 17.0. The van der Waals surface area contributed by atoms with Crippen LogP contribution < -0.4 is 0 Å². The molecular formula is C15H29N3O3S. The zero-order valence-corrected chi connectivity index (χ0v) is 14.8. The third kappa shape index (κ3) is 4.00. The first-order valence-electron chi connectivity index (χ1n) is 8.34. The minimum atomic E-state index is -3.12. The summed E-state index contributed by atoms with van der Waals surface area (Å²) >= 11 is 0. The van der Waals surface area contributed by atoms with E-state index in [0.717, 1.165) is 25.8 Å². The largest absolute Gasteiger partial charge is 0.338 e. The highest BCUT2D eigenvalue weighted by atomic mass is 32.2. The van der Waals surface area contributed by atoms with Crippen molar-refractivity contribution in [2.24, 2.45) is 0 Å². The molecule has 0 spiro atoms. The second-order valence-corrected chi connectivity index (χ2v) is 8.45. The summed E-state index contributed by atoms with van der Waals surface area (Å²) in [5.41, 5.74) is 0. The van der Waals surface area contributed by atoms with Gasteiger partial charge in [-0.15, -0.1) is 0 Å². The lowest BCUT2D eigenvalue weighted by molar-refractivity contribution is -0.140. The van der Waals surface area contributed by atoms with Gasteiger partial charge in [0.25, 0.3) is 0 Å². The number of carbonyl (C=O) groups excluding carboxylic acids is 1. The van der Waals surface area contributed by atoms with Crippen molar-refractivity contribution in [1.29, 1.82) is 0 Å². The van der Waals surface area contributed by atoms with Crippen molar-refractivity contribution >= 4 is 15.9 Å². The molecule has 22 heavy (non-hydrogen) atoms. The Balaban J connectivity index is 1.94. The van der Waals surface area contributed by atoms with Gasteiger partial charge in [0, 0.05) is 38.8 Å². The number of carbonyl (C=O) groups is 1. The molecule has 2 heterocycles. The zero-order valence-electron chi connectivity index (χ0n) is 14.0. The predicted octanol–water partition coefficient (Wildman–Crippen LogP) is 0.743. The van der Waals surface area contributed by atoms with E-state index in [1.165, 1.54) is 17.0 Å². The van der Waals surface area contributed by atoms with Gasteiger partial charge < -0.3 is 4.90 Å². The van der Waals surface area contributed by atoms with Crippen molar-refractivity contribution < 1.29 is 13.2 Å². The minimum absolute atomic E-state index is 0.158. The van der Waals surface area contributed by atoms with Gasteiger partial charge in [-0.3, -0.25) is 9.69 Å². The Hall–Kier alpha value is -0.660. The average Bonchev–Trinajstić information content (AvgIpc) is 2.52. The first kappa shape index (κ1) is 17.7. The Labute approximate surface area is 134 Å². The molecule has 2 aliphatic rings. The van der Waals surface area contributed by atoms with E-state index in [-0.39, 0.29) is 11.9 Å². The molecule has 0 aromatic carbocycles. The van der Waals surface area contributed by atoms with Gasteiger partial charge in [0.2, 0.25) is 15.9 Å². The Morgan fingerprint density at radius 2 is 1.77 bits per heavy atom. The van der Waals surface area contributed by atoms with Gasteiger partial charge in [-0.05, 0) is 32.6 Å². The van der Waals surface area contributed by atoms with Crippen LogP contribution in [0.15, 0.2) is 0 Å². The standard InChI is InChI=1S/C15H29N3O3S/c1-4-14-7-5-6-8-18(14)15(19)13(2)16-9-11-17(12-10-16)22(3,20)21/h13-14H,4-12H2,1-3H3. The number of sulfonamides is 1. The lowest BCUT2D eigenvalue weighted by Crippen LogP contribution is -2.57. The molecule has 7 heteroatoms. The van der Waals surface area contributed by atoms with E-state index in [1.807, 2.05) is 6.92 Å². The van der Waals surface area contributed by atoms with Crippen LogP contribution in [-0.2, 0) is 14.8 Å². The van der Waals surface area contributed by atoms with E-state index in [9.17, 15) is 13.2 Å². The fourth-order valence-electron chi connectivity index (χ4n) is 3.53. The van der Waals surface area contributed by atoms with E-state index in [0.29, 0.717) is 32.2 Å². The summed E-state index contributed by atoms with van der Waals surface area (Å²) < 4.78 is 24.6. The number of piperazine rings is 1. The molecule has 128 valence electrons. The molecule has 2 saturated heterocycles. The highest BCUT2D eigenvalue weighted by molar-refractivity contribution is 7.88. The van der Waals surface area contributed by atoms with Gasteiger partial charge in [0.1, 0.15) is 0 Å². The molecule has 6 nitrogen and oxygen atoms in total. The number of hydrogen-bond donors (Lipinski definition) is 0. The second kappa shape index (κ2) is 7.27. The topological polar surface area (TPSA) is 60.9 Å². The highest BCUT2D eigenvalue weighted by Gasteiger charge is 2.33. The lowest BCUT2D eigenvalue weighted by Gasteiger charge is -2.41. The van der Waals surface area contributed by atoms with Gasteiger partial charge in [0.05, 0.1) is 12.3 Å². The van der Waals surface area contributed by atoms with Crippen LogP contribution in [-0.4, -0.2) is 79.5 Å². The smallest absolute Gasteiger partial charge is 0.239 e. The van der Waals surface area contributed by atoms with Gasteiger partial charge in [-0.1, -0.05) is 6.92 Å². The van der Waals surface area contributed by atoms with Crippen LogP contribution in [0.4, 0.5) is 0 Å². The van der Waals surface area contributed by atoms with Gasteiger partial charge in [-0.25, -0.2) is 8.42 Å². The maximum atomic E-state index is 12.8. The third-order valence-corrected chi connectivity index (χ3v) is 6.33. The quantitative estimate of drug-likeness (QED) is 0.762. The first-order chi connectivity index (χ1) is 10.3. The summed E-state index contributed by atoms with van der Waals surface area (Å²) in [5.74, 6) is 0.208. The Bertz CT molecular complexity index is 486.